The van der Waals surface area contributed by atoms with Gasteiger partial charge in [-0.2, -0.15) is 5.26 Å². The van der Waals surface area contributed by atoms with Gasteiger partial charge in [-0.3, -0.25) is 16.1 Å². The standard InChI is InChI=1S/C11H10FN5O3/c1-20-11(17-19)9(14)10(16-18)15-7-2-3-8(12)6(4-7)5-13/h2-4,14,18-19H,1H3,(H,15,16)/b14-9?,17-11+. The first-order valence-electron chi connectivity index (χ1n) is 5.11. The highest BCUT2D eigenvalue weighted by Crippen LogP contribution is 2.17. The van der Waals surface area contributed by atoms with E-state index in [1.807, 2.05) is 0 Å². The number of ether oxygens (including phenoxy) is 1. The van der Waals surface area contributed by atoms with Gasteiger partial charge in [0.05, 0.1) is 18.4 Å². The van der Waals surface area contributed by atoms with Gasteiger partial charge in [-0.1, -0.05) is 0 Å². The predicted molar refractivity (Wildman–Crippen MR) is 67.1 cm³/mol. The molecule has 0 radical (unpaired) electrons. The largest absolute Gasteiger partial charge is 0.477 e. The van der Waals surface area contributed by atoms with Crippen molar-refractivity contribution in [2.24, 2.45) is 10.1 Å². The maximum absolute atomic E-state index is 13.1. The van der Waals surface area contributed by atoms with Crippen molar-refractivity contribution >= 4 is 23.1 Å². The molecule has 0 unspecified atom stereocenters. The number of nitrogens with one attached hydrogen (secondary N) is 2. The molecule has 0 bridgehead atoms. The van der Waals surface area contributed by atoms with E-state index < -0.39 is 23.3 Å². The third kappa shape index (κ3) is 3.27. The van der Waals surface area contributed by atoms with Crippen LogP contribution in [0.15, 0.2) is 28.3 Å². The molecule has 0 aliphatic carbocycles. The normalized spacial score (nSPS) is 11.7. The summed E-state index contributed by atoms with van der Waals surface area (Å²) in [5.41, 5.74) is 0.958. The summed E-state index contributed by atoms with van der Waals surface area (Å²) in [5, 5.41) is 36.5. The summed E-state index contributed by atoms with van der Waals surface area (Å²) >= 11 is 0. The van der Waals surface area contributed by atoms with Crippen LogP contribution in [0.4, 0.5) is 10.1 Å². The molecule has 1 rings (SSSR count). The molecule has 0 heterocycles. The van der Waals surface area contributed by atoms with E-state index in [2.05, 4.69) is 14.9 Å². The number of amidine groups is 1. The van der Waals surface area contributed by atoms with Crippen LogP contribution in [0.1, 0.15) is 5.56 Å². The molecule has 0 aliphatic rings. The lowest BCUT2D eigenvalue weighted by molar-refractivity contribution is 0.236. The number of halogens is 1. The highest BCUT2D eigenvalue weighted by atomic mass is 19.1. The van der Waals surface area contributed by atoms with Gasteiger partial charge in [-0.05, 0) is 23.4 Å². The Balaban J connectivity index is 3.19. The van der Waals surface area contributed by atoms with Crippen LogP contribution in [0.25, 0.3) is 0 Å². The molecule has 0 fully saturated rings. The van der Waals surface area contributed by atoms with Gasteiger partial charge in [0, 0.05) is 0 Å². The van der Waals surface area contributed by atoms with Crippen molar-refractivity contribution in [3.05, 3.63) is 29.6 Å². The zero-order valence-electron chi connectivity index (χ0n) is 10.3. The molecular weight excluding hydrogens is 269 g/mol. The summed E-state index contributed by atoms with van der Waals surface area (Å²) in [5.74, 6) is -1.61. The fourth-order valence-corrected chi connectivity index (χ4v) is 1.23. The number of nitriles is 1. The number of oxime groups is 1. The molecule has 0 amide bonds. The van der Waals surface area contributed by atoms with Crippen molar-refractivity contribution in [2.45, 2.75) is 0 Å². The lowest BCUT2D eigenvalue weighted by Gasteiger charge is -2.07. The maximum Gasteiger partial charge on any atom is 0.279 e. The van der Waals surface area contributed by atoms with Crippen LogP contribution in [0.3, 0.4) is 0 Å². The van der Waals surface area contributed by atoms with Gasteiger partial charge < -0.3 is 9.94 Å². The van der Waals surface area contributed by atoms with E-state index in [0.29, 0.717) is 0 Å². The van der Waals surface area contributed by atoms with Crippen LogP contribution in [0.5, 0.6) is 0 Å². The van der Waals surface area contributed by atoms with Crippen molar-refractivity contribution in [1.82, 2.24) is 5.48 Å². The average molecular weight is 279 g/mol. The fraction of sp³-hybridized carbons (Fsp3) is 0.0909. The smallest absolute Gasteiger partial charge is 0.279 e. The van der Waals surface area contributed by atoms with Crippen molar-refractivity contribution in [3.8, 4) is 6.07 Å². The van der Waals surface area contributed by atoms with E-state index in [-0.39, 0.29) is 11.3 Å². The van der Waals surface area contributed by atoms with E-state index in [1.54, 1.807) is 11.5 Å². The first kappa shape index (κ1) is 15.1. The Morgan fingerprint density at radius 2 is 2.25 bits per heavy atom. The molecule has 9 heteroatoms. The first-order valence-corrected chi connectivity index (χ1v) is 5.11. The van der Waals surface area contributed by atoms with E-state index in [9.17, 15) is 4.39 Å². The van der Waals surface area contributed by atoms with Crippen LogP contribution in [-0.2, 0) is 4.74 Å². The van der Waals surface area contributed by atoms with Gasteiger partial charge in [0.2, 0.25) is 0 Å². The molecule has 4 N–H and O–H groups in total. The second-order valence-corrected chi connectivity index (χ2v) is 3.33. The summed E-state index contributed by atoms with van der Waals surface area (Å²) in [6, 6.07) is 5.02. The number of rotatable bonds is 3. The number of nitrogens with zero attached hydrogens (tertiary/aromatic N) is 3. The van der Waals surface area contributed by atoms with E-state index >= 15 is 0 Å². The van der Waals surface area contributed by atoms with Gasteiger partial charge in [0.1, 0.15) is 11.9 Å². The minimum absolute atomic E-state index is 0.109. The fourth-order valence-electron chi connectivity index (χ4n) is 1.23. The molecule has 8 nitrogen and oxygen atoms in total. The molecule has 0 aromatic heterocycles. The Bertz CT molecular complexity index is 621. The zero-order valence-corrected chi connectivity index (χ0v) is 10.3. The maximum atomic E-state index is 13.1. The lowest BCUT2D eigenvalue weighted by atomic mass is 10.2. The van der Waals surface area contributed by atoms with Crippen molar-refractivity contribution in [3.63, 3.8) is 0 Å². The molecule has 1 aromatic rings. The van der Waals surface area contributed by atoms with Crippen LogP contribution in [0, 0.1) is 22.6 Å². The summed E-state index contributed by atoms with van der Waals surface area (Å²) in [7, 11) is 1.16. The first-order chi connectivity index (χ1) is 9.57. The topological polar surface area (TPSA) is 134 Å². The zero-order chi connectivity index (χ0) is 15.1. The summed E-state index contributed by atoms with van der Waals surface area (Å²) < 4.78 is 17.7. The van der Waals surface area contributed by atoms with Crippen LogP contribution < -0.4 is 5.48 Å². The highest BCUT2D eigenvalue weighted by molar-refractivity contribution is 6.65. The molecule has 20 heavy (non-hydrogen) atoms. The quantitative estimate of drug-likeness (QED) is 0.285. The van der Waals surface area contributed by atoms with Crippen molar-refractivity contribution in [2.75, 3.05) is 7.11 Å². The molecular formula is C11H10FN5O3. The van der Waals surface area contributed by atoms with Crippen molar-refractivity contribution in [1.29, 1.82) is 10.7 Å². The third-order valence-corrected chi connectivity index (χ3v) is 2.15. The van der Waals surface area contributed by atoms with Crippen molar-refractivity contribution < 1.29 is 19.5 Å². The molecule has 0 aliphatic heterocycles. The number of hydrogen-bond donors (Lipinski definition) is 4. The second kappa shape index (κ2) is 6.81. The Labute approximate surface area is 112 Å². The molecule has 0 saturated heterocycles. The van der Waals surface area contributed by atoms with Crippen LogP contribution in [0.2, 0.25) is 0 Å². The monoisotopic (exact) mass is 279 g/mol. The van der Waals surface area contributed by atoms with E-state index in [4.69, 9.17) is 21.1 Å². The SMILES string of the molecule is CO/C(=N/O)C(=N)C(=Nc1ccc(F)c(C#N)c1)NO. The lowest BCUT2D eigenvalue weighted by Crippen LogP contribution is -2.34. The molecule has 0 spiro atoms. The minimum Gasteiger partial charge on any atom is -0.477 e. The van der Waals surface area contributed by atoms with Gasteiger partial charge in [-0.25, -0.2) is 9.38 Å². The summed E-state index contributed by atoms with van der Waals surface area (Å²) in [6.45, 7) is 0. The number of benzene rings is 1. The molecule has 1 aromatic carbocycles. The number of aliphatic imine (C=N–C) groups is 1. The Kier molecular flexibility index (Phi) is 5.13. The summed E-state index contributed by atoms with van der Waals surface area (Å²) in [4.78, 5) is 3.78. The second-order valence-electron chi connectivity index (χ2n) is 3.33. The minimum atomic E-state index is -0.713. The number of hydrogen-bond acceptors (Lipinski definition) is 7. The third-order valence-electron chi connectivity index (χ3n) is 2.15. The predicted octanol–water partition coefficient (Wildman–Crippen LogP) is 1.16. The molecule has 0 saturated carbocycles. The number of hydroxylamine groups is 1. The van der Waals surface area contributed by atoms with E-state index in [0.717, 1.165) is 19.2 Å². The number of methoxy groups -OCH3 is 1. The van der Waals surface area contributed by atoms with Crippen LogP contribution >= 0.6 is 0 Å². The van der Waals surface area contributed by atoms with Gasteiger partial charge >= 0.3 is 0 Å². The Hall–Kier alpha value is -2.99. The summed E-state index contributed by atoms with van der Waals surface area (Å²) in [6.07, 6.45) is 0. The average Bonchev–Trinajstić information content (AvgIpc) is 2.47. The van der Waals surface area contributed by atoms with Crippen LogP contribution in [-0.4, -0.2) is 35.0 Å². The van der Waals surface area contributed by atoms with Gasteiger partial charge in [0.15, 0.2) is 11.5 Å². The van der Waals surface area contributed by atoms with Gasteiger partial charge in [0.25, 0.3) is 5.90 Å². The highest BCUT2D eigenvalue weighted by Gasteiger charge is 2.15. The Morgan fingerprint density at radius 3 is 2.75 bits per heavy atom. The Morgan fingerprint density at radius 1 is 1.55 bits per heavy atom. The molecule has 0 atom stereocenters. The van der Waals surface area contributed by atoms with E-state index in [1.165, 1.54) is 6.07 Å². The van der Waals surface area contributed by atoms with Gasteiger partial charge in [-0.15, -0.1) is 0 Å². The molecule has 104 valence electrons.